The van der Waals surface area contributed by atoms with Crippen LogP contribution in [0.2, 0.25) is 5.02 Å². The highest BCUT2D eigenvalue weighted by atomic mass is 35.5. The van der Waals surface area contributed by atoms with Gasteiger partial charge < -0.3 is 19.4 Å². The normalized spacial score (nSPS) is 11.8. The molecule has 0 saturated heterocycles. The van der Waals surface area contributed by atoms with Gasteiger partial charge in [0.1, 0.15) is 18.1 Å². The average molecular weight is 323 g/mol. The second kappa shape index (κ2) is 7.75. The number of ether oxygens (including phenoxy) is 1. The van der Waals surface area contributed by atoms with Crippen molar-refractivity contribution in [3.63, 3.8) is 0 Å². The van der Waals surface area contributed by atoms with Crippen LogP contribution in [0.1, 0.15) is 18.7 Å². The molecule has 0 fully saturated rings. The lowest BCUT2D eigenvalue weighted by Crippen LogP contribution is -2.40. The molecule has 5 nitrogen and oxygen atoms in total. The molecular weight excluding hydrogens is 304 g/mol. The zero-order chi connectivity index (χ0) is 15.9. The van der Waals surface area contributed by atoms with Gasteiger partial charge in [-0.1, -0.05) is 17.7 Å². The van der Waals surface area contributed by atoms with Crippen LogP contribution in [0.25, 0.3) is 0 Å². The summed E-state index contributed by atoms with van der Waals surface area (Å²) in [6.07, 6.45) is 1.58. The maximum atomic E-state index is 12.0. The second-order valence-electron chi connectivity index (χ2n) is 4.91. The zero-order valence-corrected chi connectivity index (χ0v) is 13.3. The van der Waals surface area contributed by atoms with Crippen molar-refractivity contribution < 1.29 is 13.9 Å². The summed E-state index contributed by atoms with van der Waals surface area (Å²) in [5.41, 5.74) is 0. The van der Waals surface area contributed by atoms with Crippen molar-refractivity contribution in [3.05, 3.63) is 53.4 Å². The molecule has 22 heavy (non-hydrogen) atoms. The molecule has 2 aromatic rings. The van der Waals surface area contributed by atoms with Crippen LogP contribution in [0.15, 0.2) is 47.1 Å². The maximum absolute atomic E-state index is 12.0. The van der Waals surface area contributed by atoms with Crippen LogP contribution in [-0.2, 0) is 0 Å². The predicted molar refractivity (Wildman–Crippen MR) is 85.2 cm³/mol. The predicted octanol–water partition coefficient (Wildman–Crippen LogP) is 3.71. The van der Waals surface area contributed by atoms with Gasteiger partial charge in [-0.2, -0.15) is 0 Å². The number of hydrogen-bond acceptors (Lipinski definition) is 3. The maximum Gasteiger partial charge on any atom is 0.317 e. The van der Waals surface area contributed by atoms with Gasteiger partial charge in [0.05, 0.1) is 18.8 Å². The van der Waals surface area contributed by atoms with Crippen LogP contribution in [0.5, 0.6) is 5.75 Å². The monoisotopic (exact) mass is 322 g/mol. The van der Waals surface area contributed by atoms with E-state index in [2.05, 4.69) is 5.32 Å². The van der Waals surface area contributed by atoms with Crippen molar-refractivity contribution in [1.82, 2.24) is 10.2 Å². The minimum Gasteiger partial charge on any atom is -0.492 e. The molecule has 0 aliphatic carbocycles. The van der Waals surface area contributed by atoms with Crippen molar-refractivity contribution >= 4 is 17.6 Å². The third-order valence-corrected chi connectivity index (χ3v) is 3.38. The molecule has 0 spiro atoms. The Balaban J connectivity index is 1.74. The Labute approximate surface area is 134 Å². The summed E-state index contributed by atoms with van der Waals surface area (Å²) in [6.45, 7) is 2.72. The lowest BCUT2D eigenvalue weighted by atomic mass is 10.2. The Bertz CT molecular complexity index is 601. The first-order valence-corrected chi connectivity index (χ1v) is 7.37. The van der Waals surface area contributed by atoms with Crippen LogP contribution >= 0.6 is 11.6 Å². The van der Waals surface area contributed by atoms with E-state index in [4.69, 9.17) is 20.8 Å². The number of urea groups is 1. The van der Waals surface area contributed by atoms with Crippen LogP contribution in [0.4, 0.5) is 4.79 Å². The third kappa shape index (κ3) is 4.70. The molecular formula is C16H19ClN2O3. The number of rotatable bonds is 6. The highest BCUT2D eigenvalue weighted by molar-refractivity contribution is 6.30. The standard InChI is InChI=1S/C16H19ClN2O3/c1-12(15-7-4-9-22-15)18-16(20)19(2)8-10-21-14-6-3-5-13(17)11-14/h3-7,9,11-12H,8,10H2,1-2H3,(H,18,20). The summed E-state index contributed by atoms with van der Waals surface area (Å²) in [5, 5.41) is 3.48. The lowest BCUT2D eigenvalue weighted by molar-refractivity contribution is 0.191. The average Bonchev–Trinajstić information content (AvgIpc) is 3.01. The smallest absolute Gasteiger partial charge is 0.317 e. The van der Waals surface area contributed by atoms with Crippen molar-refractivity contribution in [3.8, 4) is 5.75 Å². The van der Waals surface area contributed by atoms with E-state index in [0.29, 0.717) is 23.9 Å². The number of benzene rings is 1. The van der Waals surface area contributed by atoms with Gasteiger partial charge in [-0.3, -0.25) is 0 Å². The fourth-order valence-corrected chi connectivity index (χ4v) is 2.04. The number of carbonyl (C=O) groups excluding carboxylic acids is 1. The molecule has 1 unspecified atom stereocenters. The molecule has 0 aliphatic rings. The van der Waals surface area contributed by atoms with E-state index in [1.54, 1.807) is 36.4 Å². The van der Waals surface area contributed by atoms with Crippen LogP contribution in [-0.4, -0.2) is 31.1 Å². The van der Waals surface area contributed by atoms with Gasteiger partial charge in [-0.15, -0.1) is 0 Å². The second-order valence-corrected chi connectivity index (χ2v) is 5.35. The van der Waals surface area contributed by atoms with E-state index < -0.39 is 0 Å². The first-order valence-electron chi connectivity index (χ1n) is 6.99. The van der Waals surface area contributed by atoms with Gasteiger partial charge in [0.25, 0.3) is 0 Å². The van der Waals surface area contributed by atoms with Crippen LogP contribution < -0.4 is 10.1 Å². The van der Waals surface area contributed by atoms with Gasteiger partial charge in [0.15, 0.2) is 0 Å². The zero-order valence-electron chi connectivity index (χ0n) is 12.6. The number of furan rings is 1. The van der Waals surface area contributed by atoms with Crippen molar-refractivity contribution in [2.45, 2.75) is 13.0 Å². The molecule has 2 amide bonds. The van der Waals surface area contributed by atoms with Gasteiger partial charge >= 0.3 is 6.03 Å². The fraction of sp³-hybridized carbons (Fsp3) is 0.312. The SMILES string of the molecule is CC(NC(=O)N(C)CCOc1cccc(Cl)c1)c1ccco1. The minimum absolute atomic E-state index is 0.182. The number of amides is 2. The van der Waals surface area contributed by atoms with E-state index in [0.717, 1.165) is 5.76 Å². The van der Waals surface area contributed by atoms with E-state index in [1.165, 1.54) is 0 Å². The number of nitrogens with one attached hydrogen (secondary N) is 1. The van der Waals surface area contributed by atoms with E-state index >= 15 is 0 Å². The van der Waals surface area contributed by atoms with E-state index in [1.807, 2.05) is 25.1 Å². The highest BCUT2D eigenvalue weighted by Crippen LogP contribution is 2.17. The topological polar surface area (TPSA) is 54.7 Å². The minimum atomic E-state index is -0.182. The quantitative estimate of drug-likeness (QED) is 0.882. The first kappa shape index (κ1) is 16.2. The van der Waals surface area contributed by atoms with Gasteiger partial charge in [0.2, 0.25) is 0 Å². The number of carbonyl (C=O) groups is 1. The molecule has 1 heterocycles. The van der Waals surface area contributed by atoms with Crippen molar-refractivity contribution in [1.29, 1.82) is 0 Å². The molecule has 0 radical (unpaired) electrons. The molecule has 1 atom stereocenters. The molecule has 0 aliphatic heterocycles. The van der Waals surface area contributed by atoms with Crippen LogP contribution in [0, 0.1) is 0 Å². The van der Waals surface area contributed by atoms with Gasteiger partial charge in [0, 0.05) is 12.1 Å². The Kier molecular flexibility index (Phi) is 5.72. The number of halogens is 1. The fourth-order valence-electron chi connectivity index (χ4n) is 1.86. The largest absolute Gasteiger partial charge is 0.492 e. The summed E-state index contributed by atoms with van der Waals surface area (Å²) in [6, 6.07) is 10.4. The van der Waals surface area contributed by atoms with Gasteiger partial charge in [-0.25, -0.2) is 4.79 Å². The summed E-state index contributed by atoms with van der Waals surface area (Å²) >= 11 is 5.88. The molecule has 0 saturated carbocycles. The Morgan fingerprint density at radius 2 is 2.23 bits per heavy atom. The molecule has 1 aromatic heterocycles. The van der Waals surface area contributed by atoms with E-state index in [-0.39, 0.29) is 12.1 Å². The van der Waals surface area contributed by atoms with Crippen molar-refractivity contribution in [2.75, 3.05) is 20.2 Å². The highest BCUT2D eigenvalue weighted by Gasteiger charge is 2.14. The Morgan fingerprint density at radius 1 is 1.41 bits per heavy atom. The van der Waals surface area contributed by atoms with Crippen LogP contribution in [0.3, 0.4) is 0 Å². The molecule has 0 bridgehead atoms. The van der Waals surface area contributed by atoms with Crippen molar-refractivity contribution in [2.24, 2.45) is 0 Å². The number of nitrogens with zero attached hydrogens (tertiary/aromatic N) is 1. The Hall–Kier alpha value is -2.14. The number of hydrogen-bond donors (Lipinski definition) is 1. The summed E-state index contributed by atoms with van der Waals surface area (Å²) < 4.78 is 10.8. The number of likely N-dealkylation sites (N-methyl/N-ethyl adjacent to an activating group) is 1. The first-order chi connectivity index (χ1) is 10.6. The third-order valence-electron chi connectivity index (χ3n) is 3.15. The molecule has 2 rings (SSSR count). The molecule has 6 heteroatoms. The molecule has 1 aromatic carbocycles. The summed E-state index contributed by atoms with van der Waals surface area (Å²) in [7, 11) is 1.71. The molecule has 1 N–H and O–H groups in total. The van der Waals surface area contributed by atoms with E-state index in [9.17, 15) is 4.79 Å². The summed E-state index contributed by atoms with van der Waals surface area (Å²) in [5.74, 6) is 1.40. The molecule has 118 valence electrons. The lowest BCUT2D eigenvalue weighted by Gasteiger charge is -2.20. The summed E-state index contributed by atoms with van der Waals surface area (Å²) in [4.78, 5) is 13.6. The Morgan fingerprint density at radius 3 is 2.91 bits per heavy atom. The van der Waals surface area contributed by atoms with Gasteiger partial charge in [-0.05, 0) is 37.3 Å².